The van der Waals surface area contributed by atoms with Gasteiger partial charge in [-0.1, -0.05) is 15.9 Å². The Hall–Kier alpha value is -0.910. The number of benzene rings is 2. The van der Waals surface area contributed by atoms with Gasteiger partial charge in [0.2, 0.25) is 0 Å². The second-order valence-electron chi connectivity index (χ2n) is 4.65. The SMILES string of the molecule is CC(Cl)c1nc2cc(F)ccc2n1-c1cc(Br)ccc1Br. The highest BCUT2D eigenvalue weighted by atomic mass is 79.9. The lowest BCUT2D eigenvalue weighted by molar-refractivity contribution is 0.629. The fourth-order valence-electron chi connectivity index (χ4n) is 2.25. The lowest BCUT2D eigenvalue weighted by atomic mass is 10.2. The lowest BCUT2D eigenvalue weighted by Crippen LogP contribution is -2.02. The molecule has 108 valence electrons. The van der Waals surface area contributed by atoms with Crippen molar-refractivity contribution in [1.82, 2.24) is 9.55 Å². The molecule has 2 aromatic carbocycles. The summed E-state index contributed by atoms with van der Waals surface area (Å²) in [5.74, 6) is 0.366. The van der Waals surface area contributed by atoms with Gasteiger partial charge >= 0.3 is 0 Å². The van der Waals surface area contributed by atoms with Crippen LogP contribution in [0.15, 0.2) is 45.3 Å². The van der Waals surface area contributed by atoms with Crippen LogP contribution in [0.25, 0.3) is 16.7 Å². The molecule has 2 nitrogen and oxygen atoms in total. The van der Waals surface area contributed by atoms with Crippen molar-refractivity contribution in [3.63, 3.8) is 0 Å². The number of nitrogens with zero attached hydrogens (tertiary/aromatic N) is 2. The van der Waals surface area contributed by atoms with Gasteiger partial charge in [-0.2, -0.15) is 0 Å². The Morgan fingerprint density at radius 1 is 1.19 bits per heavy atom. The highest BCUT2D eigenvalue weighted by Crippen LogP contribution is 2.33. The molecular formula is C15H10Br2ClFN2. The third kappa shape index (κ3) is 2.74. The smallest absolute Gasteiger partial charge is 0.132 e. The maximum absolute atomic E-state index is 13.4. The van der Waals surface area contributed by atoms with E-state index in [1.54, 1.807) is 6.07 Å². The zero-order valence-electron chi connectivity index (χ0n) is 10.9. The quantitative estimate of drug-likeness (QED) is 0.455. The highest BCUT2D eigenvalue weighted by molar-refractivity contribution is 9.11. The normalized spacial score (nSPS) is 12.8. The molecule has 0 saturated carbocycles. The van der Waals surface area contributed by atoms with Crippen LogP contribution < -0.4 is 0 Å². The summed E-state index contributed by atoms with van der Waals surface area (Å²) in [6.45, 7) is 1.85. The van der Waals surface area contributed by atoms with Crippen LogP contribution in [0.2, 0.25) is 0 Å². The first-order chi connectivity index (χ1) is 9.97. The van der Waals surface area contributed by atoms with Crippen molar-refractivity contribution >= 4 is 54.5 Å². The molecule has 0 aliphatic carbocycles. The van der Waals surface area contributed by atoms with Gasteiger partial charge in [0.15, 0.2) is 0 Å². The van der Waals surface area contributed by atoms with E-state index < -0.39 is 0 Å². The third-order valence-corrected chi connectivity index (χ3v) is 4.51. The van der Waals surface area contributed by atoms with E-state index in [2.05, 4.69) is 36.8 Å². The van der Waals surface area contributed by atoms with Gasteiger partial charge in [-0.25, -0.2) is 9.37 Å². The monoisotopic (exact) mass is 430 g/mol. The number of hydrogen-bond acceptors (Lipinski definition) is 1. The molecule has 3 aromatic rings. The topological polar surface area (TPSA) is 17.8 Å². The first-order valence-electron chi connectivity index (χ1n) is 6.25. The van der Waals surface area contributed by atoms with E-state index in [1.807, 2.05) is 29.7 Å². The molecular weight excluding hydrogens is 422 g/mol. The molecule has 6 heteroatoms. The third-order valence-electron chi connectivity index (χ3n) is 3.15. The second kappa shape index (κ2) is 5.71. The second-order valence-corrected chi connectivity index (χ2v) is 7.07. The molecule has 1 unspecified atom stereocenters. The predicted molar refractivity (Wildman–Crippen MR) is 90.7 cm³/mol. The van der Waals surface area contributed by atoms with Crippen molar-refractivity contribution < 1.29 is 4.39 Å². The maximum Gasteiger partial charge on any atom is 0.132 e. The molecule has 0 saturated heterocycles. The maximum atomic E-state index is 13.4. The van der Waals surface area contributed by atoms with Crippen LogP contribution in [-0.4, -0.2) is 9.55 Å². The summed E-state index contributed by atoms with van der Waals surface area (Å²) in [6, 6.07) is 10.4. The molecule has 0 aliphatic heterocycles. The number of fused-ring (bicyclic) bond motifs is 1. The van der Waals surface area contributed by atoms with Crippen LogP contribution in [0.4, 0.5) is 4.39 Å². The zero-order chi connectivity index (χ0) is 15.1. The number of halogens is 4. The van der Waals surface area contributed by atoms with Crippen LogP contribution in [-0.2, 0) is 0 Å². The molecule has 0 radical (unpaired) electrons. The van der Waals surface area contributed by atoms with Crippen molar-refractivity contribution in [3.05, 3.63) is 57.0 Å². The Kier molecular flexibility index (Phi) is 4.08. The van der Waals surface area contributed by atoms with Crippen molar-refractivity contribution in [2.24, 2.45) is 0 Å². The Bertz CT molecular complexity index is 830. The minimum Gasteiger partial charge on any atom is -0.294 e. The van der Waals surface area contributed by atoms with Gasteiger partial charge in [0.1, 0.15) is 11.6 Å². The lowest BCUT2D eigenvalue weighted by Gasteiger charge is -2.13. The number of imidazole rings is 1. The molecule has 21 heavy (non-hydrogen) atoms. The summed E-state index contributed by atoms with van der Waals surface area (Å²) < 4.78 is 17.2. The van der Waals surface area contributed by atoms with E-state index in [0.717, 1.165) is 20.1 Å². The molecule has 3 rings (SSSR count). The van der Waals surface area contributed by atoms with E-state index in [1.165, 1.54) is 12.1 Å². The van der Waals surface area contributed by atoms with Gasteiger partial charge in [-0.05, 0) is 53.2 Å². The molecule has 0 spiro atoms. The largest absolute Gasteiger partial charge is 0.294 e. The fourth-order valence-corrected chi connectivity index (χ4v) is 3.17. The molecule has 0 fully saturated rings. The number of rotatable bonds is 2. The minimum atomic E-state index is -0.311. The summed E-state index contributed by atoms with van der Waals surface area (Å²) in [7, 11) is 0. The van der Waals surface area contributed by atoms with Gasteiger partial charge in [-0.3, -0.25) is 4.57 Å². The van der Waals surface area contributed by atoms with Gasteiger partial charge in [0.25, 0.3) is 0 Å². The summed E-state index contributed by atoms with van der Waals surface area (Å²) in [5, 5.41) is -0.300. The minimum absolute atomic E-state index is 0.300. The van der Waals surface area contributed by atoms with Crippen molar-refractivity contribution in [3.8, 4) is 5.69 Å². The average Bonchev–Trinajstić information content (AvgIpc) is 2.80. The highest BCUT2D eigenvalue weighted by Gasteiger charge is 2.18. The first kappa shape index (κ1) is 15.0. The molecule has 0 aliphatic rings. The van der Waals surface area contributed by atoms with E-state index in [0.29, 0.717) is 11.3 Å². The zero-order valence-corrected chi connectivity index (χ0v) is 14.9. The Balaban J connectivity index is 2.39. The first-order valence-corrected chi connectivity index (χ1v) is 8.27. The van der Waals surface area contributed by atoms with E-state index in [4.69, 9.17) is 11.6 Å². The Morgan fingerprint density at radius 2 is 1.95 bits per heavy atom. The van der Waals surface area contributed by atoms with Crippen LogP contribution in [0.3, 0.4) is 0 Å². The van der Waals surface area contributed by atoms with Crippen molar-refractivity contribution in [2.75, 3.05) is 0 Å². The van der Waals surface area contributed by atoms with Gasteiger partial charge in [-0.15, -0.1) is 11.6 Å². The van der Waals surface area contributed by atoms with E-state index in [-0.39, 0.29) is 11.2 Å². The van der Waals surface area contributed by atoms with Crippen LogP contribution in [0, 0.1) is 5.82 Å². The number of alkyl halides is 1. The Labute approximate surface area is 143 Å². The summed E-state index contributed by atoms with van der Waals surface area (Å²) in [5.41, 5.74) is 2.31. The van der Waals surface area contributed by atoms with Crippen LogP contribution >= 0.6 is 43.5 Å². The van der Waals surface area contributed by atoms with Crippen molar-refractivity contribution in [1.29, 1.82) is 0 Å². The molecule has 1 atom stereocenters. The van der Waals surface area contributed by atoms with Gasteiger partial charge in [0, 0.05) is 15.0 Å². The van der Waals surface area contributed by atoms with Gasteiger partial charge < -0.3 is 0 Å². The van der Waals surface area contributed by atoms with Crippen LogP contribution in [0.5, 0.6) is 0 Å². The van der Waals surface area contributed by atoms with Gasteiger partial charge in [0.05, 0.1) is 22.1 Å². The number of aromatic nitrogens is 2. The molecule has 1 aromatic heterocycles. The summed E-state index contributed by atoms with van der Waals surface area (Å²) in [4.78, 5) is 4.48. The van der Waals surface area contributed by atoms with E-state index >= 15 is 0 Å². The summed E-state index contributed by atoms with van der Waals surface area (Å²) >= 11 is 13.3. The Morgan fingerprint density at radius 3 is 2.67 bits per heavy atom. The standard InChI is InChI=1S/C15H10Br2ClFN2/c1-8(18)15-20-12-7-10(19)3-5-13(12)21(15)14-6-9(16)2-4-11(14)17/h2-8H,1H3. The summed E-state index contributed by atoms with van der Waals surface area (Å²) in [6.07, 6.45) is 0. The van der Waals surface area contributed by atoms with Crippen LogP contribution in [0.1, 0.15) is 18.1 Å². The number of hydrogen-bond donors (Lipinski definition) is 0. The van der Waals surface area contributed by atoms with E-state index in [9.17, 15) is 4.39 Å². The fraction of sp³-hybridized carbons (Fsp3) is 0.133. The molecule has 0 amide bonds. The predicted octanol–water partition coefficient (Wildman–Crippen LogP) is 5.99. The molecule has 1 heterocycles. The molecule has 0 bridgehead atoms. The van der Waals surface area contributed by atoms with Crippen molar-refractivity contribution in [2.45, 2.75) is 12.3 Å². The molecule has 0 N–H and O–H groups in total. The average molecular weight is 433 g/mol.